The van der Waals surface area contributed by atoms with Crippen LogP contribution in [0.1, 0.15) is 40.5 Å². The lowest BCUT2D eigenvalue weighted by molar-refractivity contribution is -0.153. The molecule has 5 nitrogen and oxygen atoms in total. The van der Waals surface area contributed by atoms with Crippen molar-refractivity contribution in [3.63, 3.8) is 0 Å². The summed E-state index contributed by atoms with van der Waals surface area (Å²) in [6, 6.07) is 0. The molecular formula is C11H18O5. The largest absolute Gasteiger partial charge is 0.481 e. The summed E-state index contributed by atoms with van der Waals surface area (Å²) in [6.07, 6.45) is -1.21. The van der Waals surface area contributed by atoms with Crippen LogP contribution in [0.3, 0.4) is 0 Å². The van der Waals surface area contributed by atoms with Crippen molar-refractivity contribution in [1.29, 1.82) is 0 Å². The van der Waals surface area contributed by atoms with Gasteiger partial charge in [-0.25, -0.2) is 0 Å². The van der Waals surface area contributed by atoms with Gasteiger partial charge in [-0.15, -0.1) is 0 Å². The number of hydrogen-bond acceptors (Lipinski definition) is 4. The minimum Gasteiger partial charge on any atom is -0.481 e. The fraction of sp³-hybridized carbons (Fsp3) is 0.727. The van der Waals surface area contributed by atoms with Crippen LogP contribution in [0.4, 0.5) is 0 Å². The highest BCUT2D eigenvalue weighted by Crippen LogP contribution is 2.25. The van der Waals surface area contributed by atoms with Crippen molar-refractivity contribution in [3.05, 3.63) is 0 Å². The quantitative estimate of drug-likeness (QED) is 0.728. The van der Waals surface area contributed by atoms with Crippen LogP contribution in [-0.4, -0.2) is 33.3 Å². The lowest BCUT2D eigenvalue weighted by Crippen LogP contribution is -2.43. The van der Waals surface area contributed by atoms with Gasteiger partial charge in [0.1, 0.15) is 11.4 Å². The molecule has 5 heteroatoms. The Morgan fingerprint density at radius 2 is 1.50 bits per heavy atom. The van der Waals surface area contributed by atoms with Gasteiger partial charge in [0.05, 0.1) is 6.42 Å². The molecule has 16 heavy (non-hydrogen) atoms. The lowest BCUT2D eigenvalue weighted by atomic mass is 9.80. The Balaban J connectivity index is 4.90. The van der Waals surface area contributed by atoms with E-state index < -0.39 is 35.6 Å². The number of carboxylic acids is 1. The molecule has 2 N–H and O–H groups in total. The molecule has 92 valence electrons. The Kier molecular flexibility index (Phi) is 4.37. The van der Waals surface area contributed by atoms with Crippen molar-refractivity contribution in [2.24, 2.45) is 5.41 Å². The summed E-state index contributed by atoms with van der Waals surface area (Å²) in [6.45, 7) is 6.03. The van der Waals surface area contributed by atoms with E-state index >= 15 is 0 Å². The molecule has 0 aliphatic heterocycles. The Morgan fingerprint density at radius 1 is 1.06 bits per heavy atom. The molecule has 0 aromatic heterocycles. The van der Waals surface area contributed by atoms with Crippen LogP contribution >= 0.6 is 0 Å². The number of hydrogen-bond donors (Lipinski definition) is 2. The number of Topliss-reactive ketones (excluding diaryl/α,β-unsaturated/α-hetero) is 2. The first-order chi connectivity index (χ1) is 6.99. The normalized spacial score (nSPS) is 15.3. The Bertz CT molecular complexity index is 313. The van der Waals surface area contributed by atoms with E-state index in [0.29, 0.717) is 0 Å². The molecule has 0 rings (SSSR count). The average molecular weight is 230 g/mol. The van der Waals surface area contributed by atoms with E-state index in [1.807, 2.05) is 0 Å². The van der Waals surface area contributed by atoms with E-state index in [9.17, 15) is 19.5 Å². The summed E-state index contributed by atoms with van der Waals surface area (Å²) in [5, 5.41) is 18.4. The molecule has 0 saturated heterocycles. The summed E-state index contributed by atoms with van der Waals surface area (Å²) in [7, 11) is 0. The highest BCUT2D eigenvalue weighted by Gasteiger charge is 2.40. The SMILES string of the molecule is CC(=O)C(O)(CC(=O)O)CC(=O)C(C)(C)C. The highest BCUT2D eigenvalue weighted by molar-refractivity contribution is 5.95. The zero-order chi connectivity index (χ0) is 13.1. The fourth-order valence-electron chi connectivity index (χ4n) is 1.09. The smallest absolute Gasteiger partial charge is 0.306 e. The Hall–Kier alpha value is -1.23. The van der Waals surface area contributed by atoms with Gasteiger partial charge in [0.2, 0.25) is 0 Å². The summed E-state index contributed by atoms with van der Waals surface area (Å²) in [5.41, 5.74) is -2.79. The van der Waals surface area contributed by atoms with Crippen molar-refractivity contribution in [2.45, 2.75) is 46.1 Å². The molecule has 0 aliphatic carbocycles. The van der Waals surface area contributed by atoms with Gasteiger partial charge in [-0.1, -0.05) is 20.8 Å². The number of rotatable bonds is 5. The van der Waals surface area contributed by atoms with Crippen molar-refractivity contribution in [1.82, 2.24) is 0 Å². The second kappa shape index (κ2) is 4.74. The van der Waals surface area contributed by atoms with Gasteiger partial charge in [0, 0.05) is 11.8 Å². The Morgan fingerprint density at radius 3 is 1.75 bits per heavy atom. The van der Waals surface area contributed by atoms with Crippen LogP contribution in [-0.2, 0) is 14.4 Å². The highest BCUT2D eigenvalue weighted by atomic mass is 16.4. The van der Waals surface area contributed by atoms with E-state index in [0.717, 1.165) is 6.92 Å². The van der Waals surface area contributed by atoms with Gasteiger partial charge in [-0.05, 0) is 6.92 Å². The van der Waals surface area contributed by atoms with Crippen LogP contribution in [0.5, 0.6) is 0 Å². The van der Waals surface area contributed by atoms with Gasteiger partial charge in [-0.3, -0.25) is 14.4 Å². The standard InChI is InChI=1S/C11H18O5/c1-7(12)11(16,6-9(14)15)5-8(13)10(2,3)4/h16H,5-6H2,1-4H3,(H,14,15). The monoisotopic (exact) mass is 230 g/mol. The second-order valence-corrected chi connectivity index (χ2v) is 5.01. The number of carbonyl (C=O) groups is 3. The first-order valence-electron chi connectivity index (χ1n) is 4.97. The fourth-order valence-corrected chi connectivity index (χ4v) is 1.09. The van der Waals surface area contributed by atoms with Crippen molar-refractivity contribution in [3.8, 4) is 0 Å². The van der Waals surface area contributed by atoms with Crippen LogP contribution in [0.15, 0.2) is 0 Å². The van der Waals surface area contributed by atoms with Crippen LogP contribution in [0.25, 0.3) is 0 Å². The number of ketones is 2. The molecule has 1 unspecified atom stereocenters. The predicted octanol–water partition coefficient (Wildman–Crippen LogP) is 0.786. The van der Waals surface area contributed by atoms with Crippen molar-refractivity contribution < 1.29 is 24.6 Å². The number of aliphatic carboxylic acids is 1. The van der Waals surface area contributed by atoms with E-state index in [2.05, 4.69) is 0 Å². The molecule has 0 aromatic rings. The zero-order valence-electron chi connectivity index (χ0n) is 10.0. The van der Waals surface area contributed by atoms with Crippen LogP contribution in [0, 0.1) is 5.41 Å². The molecule has 0 saturated carbocycles. The molecule has 0 amide bonds. The third-order valence-electron chi connectivity index (χ3n) is 2.39. The molecule has 1 atom stereocenters. The maximum Gasteiger partial charge on any atom is 0.306 e. The maximum absolute atomic E-state index is 11.7. The Labute approximate surface area is 94.5 Å². The first kappa shape index (κ1) is 14.8. The topological polar surface area (TPSA) is 91.7 Å². The summed E-state index contributed by atoms with van der Waals surface area (Å²) < 4.78 is 0. The van der Waals surface area contributed by atoms with Gasteiger partial charge in [0.15, 0.2) is 5.78 Å². The van der Waals surface area contributed by atoms with Crippen molar-refractivity contribution >= 4 is 17.5 Å². The molecule has 0 heterocycles. The van der Waals surface area contributed by atoms with Gasteiger partial charge in [-0.2, -0.15) is 0 Å². The molecule has 0 radical (unpaired) electrons. The van der Waals surface area contributed by atoms with E-state index in [-0.39, 0.29) is 5.78 Å². The zero-order valence-corrected chi connectivity index (χ0v) is 10.0. The van der Waals surface area contributed by atoms with E-state index in [1.54, 1.807) is 20.8 Å². The summed E-state index contributed by atoms with van der Waals surface area (Å²) >= 11 is 0. The third kappa shape index (κ3) is 4.10. The van der Waals surface area contributed by atoms with E-state index in [4.69, 9.17) is 5.11 Å². The van der Waals surface area contributed by atoms with Crippen LogP contribution in [0.2, 0.25) is 0 Å². The summed E-state index contributed by atoms with van der Waals surface area (Å²) in [4.78, 5) is 33.4. The molecular weight excluding hydrogens is 212 g/mol. The predicted molar refractivity (Wildman–Crippen MR) is 57.0 cm³/mol. The van der Waals surface area contributed by atoms with E-state index in [1.165, 1.54) is 0 Å². The van der Waals surface area contributed by atoms with Crippen molar-refractivity contribution in [2.75, 3.05) is 0 Å². The number of carboxylic acid groups (broad SMARTS) is 1. The molecule has 0 aliphatic rings. The average Bonchev–Trinajstić information content (AvgIpc) is 1.99. The minimum atomic E-state index is -2.09. The number of carbonyl (C=O) groups excluding carboxylic acids is 2. The van der Waals surface area contributed by atoms with Crippen LogP contribution < -0.4 is 0 Å². The van der Waals surface area contributed by atoms with Gasteiger partial charge < -0.3 is 10.2 Å². The summed E-state index contributed by atoms with van der Waals surface area (Å²) in [5.74, 6) is -2.35. The number of aliphatic hydroxyl groups is 1. The molecule has 0 fully saturated rings. The minimum absolute atomic E-state index is 0.341. The maximum atomic E-state index is 11.7. The first-order valence-corrected chi connectivity index (χ1v) is 4.97. The molecule has 0 bridgehead atoms. The van der Waals surface area contributed by atoms with Gasteiger partial charge in [0.25, 0.3) is 0 Å². The lowest BCUT2D eigenvalue weighted by Gasteiger charge is -2.26. The third-order valence-corrected chi connectivity index (χ3v) is 2.39. The molecule has 0 spiro atoms. The van der Waals surface area contributed by atoms with Gasteiger partial charge >= 0.3 is 5.97 Å². The second-order valence-electron chi connectivity index (χ2n) is 5.01. The molecule has 0 aromatic carbocycles.